The summed E-state index contributed by atoms with van der Waals surface area (Å²) in [6.07, 6.45) is 4.08. The van der Waals surface area contributed by atoms with Crippen LogP contribution in [0.2, 0.25) is 0 Å². The molecule has 0 spiro atoms. The number of carbonyl (C=O) groups excluding carboxylic acids is 2. The van der Waals surface area contributed by atoms with Crippen LogP contribution < -0.4 is 5.32 Å². The Balaban J connectivity index is 1.52. The van der Waals surface area contributed by atoms with Crippen LogP contribution in [-0.2, 0) is 19.6 Å². The van der Waals surface area contributed by atoms with Crippen molar-refractivity contribution in [2.75, 3.05) is 31.5 Å². The maximum atomic E-state index is 12.9. The molecule has 0 saturated carbocycles. The Morgan fingerprint density at radius 2 is 1.59 bits per heavy atom. The molecule has 1 N–H and O–H groups in total. The largest absolute Gasteiger partial charge is 0.343 e. The molecule has 2 saturated heterocycles. The third kappa shape index (κ3) is 5.57. The van der Waals surface area contributed by atoms with Crippen LogP contribution in [0, 0.1) is 11.8 Å². The molecule has 1 aromatic rings. The lowest BCUT2D eigenvalue weighted by atomic mass is 9.93. The predicted molar refractivity (Wildman–Crippen MR) is 112 cm³/mol. The Kier molecular flexibility index (Phi) is 6.95. The Hall–Kier alpha value is -1.93. The smallest absolute Gasteiger partial charge is 0.243 e. The van der Waals surface area contributed by atoms with Crippen LogP contribution in [0.3, 0.4) is 0 Å². The SMILES string of the molecule is CC(=O)Nc1ccc(S(=O)(=O)N2CCC(CC(=O)N3CCC(C)CC3)CC2)cc1. The van der Waals surface area contributed by atoms with E-state index in [9.17, 15) is 18.0 Å². The highest BCUT2D eigenvalue weighted by Gasteiger charge is 2.31. The number of hydrogen-bond donors (Lipinski definition) is 1. The van der Waals surface area contributed by atoms with Crippen LogP contribution in [0.1, 0.15) is 46.0 Å². The molecule has 0 aliphatic carbocycles. The van der Waals surface area contributed by atoms with Crippen molar-refractivity contribution in [3.63, 3.8) is 0 Å². The molecule has 2 fully saturated rings. The molecule has 1 aromatic carbocycles. The van der Waals surface area contributed by atoms with E-state index in [0.717, 1.165) is 25.9 Å². The molecule has 2 aliphatic rings. The molecule has 7 nitrogen and oxygen atoms in total. The Morgan fingerprint density at radius 3 is 2.14 bits per heavy atom. The third-order valence-electron chi connectivity index (χ3n) is 5.99. The van der Waals surface area contributed by atoms with E-state index in [-0.39, 0.29) is 22.6 Å². The summed E-state index contributed by atoms with van der Waals surface area (Å²) in [4.78, 5) is 25.8. The number of rotatable bonds is 5. The topological polar surface area (TPSA) is 86.8 Å². The Labute approximate surface area is 173 Å². The second-order valence-electron chi connectivity index (χ2n) is 8.32. The molecule has 3 rings (SSSR count). The van der Waals surface area contributed by atoms with Crippen molar-refractivity contribution < 1.29 is 18.0 Å². The first-order valence-electron chi connectivity index (χ1n) is 10.4. The van der Waals surface area contributed by atoms with Crippen molar-refractivity contribution in [1.29, 1.82) is 0 Å². The van der Waals surface area contributed by atoms with Gasteiger partial charge in [0.15, 0.2) is 0 Å². The maximum absolute atomic E-state index is 12.9. The van der Waals surface area contributed by atoms with Gasteiger partial charge in [0.05, 0.1) is 4.90 Å². The summed E-state index contributed by atoms with van der Waals surface area (Å²) in [5.41, 5.74) is 0.570. The van der Waals surface area contributed by atoms with Gasteiger partial charge in [0.1, 0.15) is 0 Å². The number of sulfonamides is 1. The van der Waals surface area contributed by atoms with Gasteiger partial charge < -0.3 is 10.2 Å². The lowest BCUT2D eigenvalue weighted by molar-refractivity contribution is -0.133. The normalized spacial score (nSPS) is 19.9. The molecule has 2 amide bonds. The summed E-state index contributed by atoms with van der Waals surface area (Å²) >= 11 is 0. The fourth-order valence-electron chi connectivity index (χ4n) is 4.05. The van der Waals surface area contributed by atoms with Crippen LogP contribution in [0.5, 0.6) is 0 Å². The van der Waals surface area contributed by atoms with E-state index < -0.39 is 10.0 Å². The summed E-state index contributed by atoms with van der Waals surface area (Å²) in [6, 6.07) is 6.24. The second kappa shape index (κ2) is 9.26. The van der Waals surface area contributed by atoms with Gasteiger partial charge in [-0.15, -0.1) is 0 Å². The molecule has 2 aliphatic heterocycles. The Bertz CT molecular complexity index is 822. The minimum atomic E-state index is -3.56. The zero-order chi connectivity index (χ0) is 21.0. The summed E-state index contributed by atoms with van der Waals surface area (Å²) < 4.78 is 27.3. The van der Waals surface area contributed by atoms with Gasteiger partial charge in [-0.1, -0.05) is 6.92 Å². The summed E-state index contributed by atoms with van der Waals surface area (Å²) in [6.45, 7) is 6.20. The standard InChI is InChI=1S/C21H31N3O4S/c1-16-7-11-23(12-8-16)21(26)15-18-9-13-24(14-10-18)29(27,28)20-5-3-19(4-6-20)22-17(2)25/h3-6,16,18H,7-15H2,1-2H3,(H,22,25). The van der Waals surface area contributed by atoms with Gasteiger partial charge in [0.25, 0.3) is 0 Å². The number of hydrogen-bond acceptors (Lipinski definition) is 4. The lowest BCUT2D eigenvalue weighted by Gasteiger charge is -2.34. The van der Waals surface area contributed by atoms with Gasteiger partial charge in [-0.05, 0) is 61.8 Å². The van der Waals surface area contributed by atoms with Gasteiger partial charge in [-0.25, -0.2) is 8.42 Å². The zero-order valence-electron chi connectivity index (χ0n) is 17.3. The van der Waals surface area contributed by atoms with Gasteiger partial charge in [-0.3, -0.25) is 9.59 Å². The van der Waals surface area contributed by atoms with E-state index in [2.05, 4.69) is 12.2 Å². The lowest BCUT2D eigenvalue weighted by Crippen LogP contribution is -2.42. The maximum Gasteiger partial charge on any atom is 0.243 e. The number of amides is 2. The Morgan fingerprint density at radius 1 is 1.00 bits per heavy atom. The summed E-state index contributed by atoms with van der Waals surface area (Å²) in [5.74, 6) is 0.957. The second-order valence-corrected chi connectivity index (χ2v) is 10.3. The molecule has 0 unspecified atom stereocenters. The van der Waals surface area contributed by atoms with E-state index in [4.69, 9.17) is 0 Å². The average Bonchev–Trinajstić information content (AvgIpc) is 2.69. The van der Waals surface area contributed by atoms with E-state index in [0.29, 0.717) is 44.0 Å². The minimum absolute atomic E-state index is 0.198. The fourth-order valence-corrected chi connectivity index (χ4v) is 5.52. The highest BCUT2D eigenvalue weighted by Crippen LogP contribution is 2.27. The first-order valence-corrected chi connectivity index (χ1v) is 11.9. The number of nitrogens with zero attached hydrogens (tertiary/aromatic N) is 2. The molecule has 0 atom stereocenters. The first-order chi connectivity index (χ1) is 13.8. The van der Waals surface area contributed by atoms with Gasteiger partial charge in [-0.2, -0.15) is 4.31 Å². The van der Waals surface area contributed by atoms with E-state index >= 15 is 0 Å². The predicted octanol–water partition coefficient (Wildman–Crippen LogP) is 2.69. The van der Waals surface area contributed by atoms with Crippen molar-refractivity contribution >= 4 is 27.5 Å². The molecular formula is C21H31N3O4S. The molecule has 29 heavy (non-hydrogen) atoms. The van der Waals surface area contributed by atoms with Crippen molar-refractivity contribution in [3.8, 4) is 0 Å². The third-order valence-corrected chi connectivity index (χ3v) is 7.90. The fraction of sp³-hybridized carbons (Fsp3) is 0.619. The molecule has 2 heterocycles. The van der Waals surface area contributed by atoms with Crippen molar-refractivity contribution in [2.45, 2.75) is 50.8 Å². The number of nitrogens with one attached hydrogen (secondary N) is 1. The van der Waals surface area contributed by atoms with Crippen molar-refractivity contribution in [1.82, 2.24) is 9.21 Å². The summed E-state index contributed by atoms with van der Waals surface area (Å²) in [5, 5.41) is 2.63. The molecular weight excluding hydrogens is 390 g/mol. The van der Waals surface area contributed by atoms with E-state index in [1.54, 1.807) is 12.1 Å². The summed E-state index contributed by atoms with van der Waals surface area (Å²) in [7, 11) is -3.56. The van der Waals surface area contributed by atoms with E-state index in [1.165, 1.54) is 23.4 Å². The van der Waals surface area contributed by atoms with Crippen molar-refractivity contribution in [3.05, 3.63) is 24.3 Å². The molecule has 0 aromatic heterocycles. The molecule has 0 radical (unpaired) electrons. The van der Waals surface area contributed by atoms with E-state index in [1.807, 2.05) is 4.90 Å². The molecule has 8 heteroatoms. The van der Waals surface area contributed by atoms with Gasteiger partial charge >= 0.3 is 0 Å². The molecule has 160 valence electrons. The highest BCUT2D eigenvalue weighted by molar-refractivity contribution is 7.89. The van der Waals surface area contributed by atoms with Crippen LogP contribution in [0.25, 0.3) is 0 Å². The number of carbonyl (C=O) groups is 2. The van der Waals surface area contributed by atoms with Crippen LogP contribution in [0.15, 0.2) is 29.2 Å². The number of anilines is 1. The van der Waals surface area contributed by atoms with Crippen LogP contribution in [0.4, 0.5) is 5.69 Å². The number of piperidine rings is 2. The van der Waals surface area contributed by atoms with Crippen LogP contribution >= 0.6 is 0 Å². The van der Waals surface area contributed by atoms with Crippen molar-refractivity contribution in [2.24, 2.45) is 11.8 Å². The monoisotopic (exact) mass is 421 g/mol. The minimum Gasteiger partial charge on any atom is -0.343 e. The molecule has 0 bridgehead atoms. The highest BCUT2D eigenvalue weighted by atomic mass is 32.2. The quantitative estimate of drug-likeness (QED) is 0.792. The van der Waals surface area contributed by atoms with Gasteiger partial charge in [0, 0.05) is 45.2 Å². The van der Waals surface area contributed by atoms with Gasteiger partial charge in [0.2, 0.25) is 21.8 Å². The van der Waals surface area contributed by atoms with Crippen LogP contribution in [-0.4, -0.2) is 55.6 Å². The first kappa shape index (κ1) is 21.8. The average molecular weight is 422 g/mol. The zero-order valence-corrected chi connectivity index (χ0v) is 18.1. The number of benzene rings is 1. The number of likely N-dealkylation sites (tertiary alicyclic amines) is 1.